The highest BCUT2D eigenvalue weighted by Gasteiger charge is 2.20. The Morgan fingerprint density at radius 1 is 1.25 bits per heavy atom. The van der Waals surface area contributed by atoms with E-state index in [1.165, 1.54) is 23.2 Å². The Morgan fingerprint density at radius 2 is 2.15 bits per heavy atom. The highest BCUT2D eigenvalue weighted by atomic mass is 15.0. The van der Waals surface area contributed by atoms with Crippen LogP contribution >= 0.6 is 0 Å². The summed E-state index contributed by atoms with van der Waals surface area (Å²) in [5.41, 5.74) is 4.54. The largest absolute Gasteiger partial charge is 0.370 e. The normalized spacial score (nSPS) is 13.3. The number of pyridine rings is 1. The van der Waals surface area contributed by atoms with Gasteiger partial charge in [-0.3, -0.25) is 4.98 Å². The molecule has 20 heavy (non-hydrogen) atoms. The Kier molecular flexibility index (Phi) is 3.63. The summed E-state index contributed by atoms with van der Waals surface area (Å²) in [5, 5.41) is 3.44. The molecule has 3 rings (SSSR count). The van der Waals surface area contributed by atoms with Gasteiger partial charge in [0.05, 0.1) is 0 Å². The second-order valence-electron chi connectivity index (χ2n) is 5.32. The van der Waals surface area contributed by atoms with Crippen LogP contribution in [0.4, 0.5) is 5.82 Å². The fourth-order valence-corrected chi connectivity index (χ4v) is 2.60. The van der Waals surface area contributed by atoms with E-state index >= 15 is 0 Å². The summed E-state index contributed by atoms with van der Waals surface area (Å²) in [6.45, 7) is 5.18. The number of hydrogen-bond donors (Lipinski definition) is 1. The van der Waals surface area contributed by atoms with E-state index in [4.69, 9.17) is 9.97 Å². The van der Waals surface area contributed by atoms with Crippen LogP contribution in [0.15, 0.2) is 18.3 Å². The zero-order valence-corrected chi connectivity index (χ0v) is 12.1. The van der Waals surface area contributed by atoms with Crippen LogP contribution in [0.5, 0.6) is 0 Å². The third kappa shape index (κ3) is 2.50. The lowest BCUT2D eigenvalue weighted by Crippen LogP contribution is -2.08. The van der Waals surface area contributed by atoms with E-state index in [1.54, 1.807) is 0 Å². The quantitative estimate of drug-likeness (QED) is 0.925. The Morgan fingerprint density at radius 3 is 2.95 bits per heavy atom. The molecule has 2 aromatic heterocycles. The van der Waals surface area contributed by atoms with Crippen LogP contribution < -0.4 is 5.32 Å². The molecule has 0 saturated carbocycles. The number of nitrogens with one attached hydrogen (secondary N) is 1. The molecule has 4 heteroatoms. The molecule has 0 radical (unpaired) electrons. The van der Waals surface area contributed by atoms with Crippen molar-refractivity contribution in [3.05, 3.63) is 35.2 Å². The lowest BCUT2D eigenvalue weighted by atomic mass is 10.2. The molecular weight excluding hydrogens is 248 g/mol. The predicted molar refractivity (Wildman–Crippen MR) is 80.8 cm³/mol. The molecule has 2 aromatic rings. The van der Waals surface area contributed by atoms with Crippen molar-refractivity contribution in [2.75, 3.05) is 11.9 Å². The molecule has 0 amide bonds. The van der Waals surface area contributed by atoms with Crippen molar-refractivity contribution in [1.29, 1.82) is 0 Å². The third-order valence-electron chi connectivity index (χ3n) is 3.62. The molecule has 2 heterocycles. The molecule has 0 unspecified atom stereocenters. The molecule has 1 aliphatic rings. The lowest BCUT2D eigenvalue weighted by molar-refractivity contribution is 0.899. The first-order valence-corrected chi connectivity index (χ1v) is 7.34. The smallest absolute Gasteiger partial charge is 0.180 e. The van der Waals surface area contributed by atoms with Crippen LogP contribution in [0.2, 0.25) is 0 Å². The van der Waals surface area contributed by atoms with Gasteiger partial charge < -0.3 is 5.32 Å². The summed E-state index contributed by atoms with van der Waals surface area (Å²) in [5.74, 6) is 1.75. The average molecular weight is 268 g/mol. The van der Waals surface area contributed by atoms with Crippen molar-refractivity contribution < 1.29 is 0 Å². The SMILES string of the molecule is CCCNc1nc(-c2cc(C)ccn2)nc2c1CCC2. The molecule has 104 valence electrons. The summed E-state index contributed by atoms with van der Waals surface area (Å²) in [4.78, 5) is 13.8. The number of nitrogens with zero attached hydrogens (tertiary/aromatic N) is 3. The second-order valence-corrected chi connectivity index (χ2v) is 5.32. The maximum atomic E-state index is 4.72. The summed E-state index contributed by atoms with van der Waals surface area (Å²) in [6, 6.07) is 4.04. The van der Waals surface area contributed by atoms with Gasteiger partial charge in [-0.2, -0.15) is 0 Å². The van der Waals surface area contributed by atoms with E-state index in [2.05, 4.69) is 24.1 Å². The van der Waals surface area contributed by atoms with Crippen LogP contribution in [-0.4, -0.2) is 21.5 Å². The lowest BCUT2D eigenvalue weighted by Gasteiger charge is -2.11. The molecule has 0 atom stereocenters. The van der Waals surface area contributed by atoms with Gasteiger partial charge in [0.25, 0.3) is 0 Å². The Bertz CT molecular complexity index is 622. The van der Waals surface area contributed by atoms with Crippen LogP contribution in [0.1, 0.15) is 36.6 Å². The molecule has 4 nitrogen and oxygen atoms in total. The van der Waals surface area contributed by atoms with Gasteiger partial charge in [-0.25, -0.2) is 9.97 Å². The number of fused-ring (bicyclic) bond motifs is 1. The molecule has 0 aliphatic heterocycles. The molecule has 1 aliphatic carbocycles. The first kappa shape index (κ1) is 13.0. The summed E-state index contributed by atoms with van der Waals surface area (Å²) in [6.07, 6.45) is 6.23. The van der Waals surface area contributed by atoms with Crippen LogP contribution in [0.25, 0.3) is 11.5 Å². The summed E-state index contributed by atoms with van der Waals surface area (Å²) < 4.78 is 0. The van der Waals surface area contributed by atoms with Crippen molar-refractivity contribution >= 4 is 5.82 Å². The van der Waals surface area contributed by atoms with E-state index < -0.39 is 0 Å². The third-order valence-corrected chi connectivity index (χ3v) is 3.62. The number of hydrogen-bond acceptors (Lipinski definition) is 4. The summed E-state index contributed by atoms with van der Waals surface area (Å²) >= 11 is 0. The minimum atomic E-state index is 0.743. The highest BCUT2D eigenvalue weighted by Crippen LogP contribution is 2.28. The topological polar surface area (TPSA) is 50.7 Å². The van der Waals surface area contributed by atoms with Crippen molar-refractivity contribution in [2.45, 2.75) is 39.5 Å². The Balaban J connectivity index is 2.04. The maximum Gasteiger partial charge on any atom is 0.180 e. The molecule has 0 fully saturated rings. The van der Waals surface area contributed by atoms with E-state index in [-0.39, 0.29) is 0 Å². The first-order chi connectivity index (χ1) is 9.78. The van der Waals surface area contributed by atoms with Gasteiger partial charge in [-0.15, -0.1) is 0 Å². The molecule has 0 spiro atoms. The van der Waals surface area contributed by atoms with E-state index in [0.717, 1.165) is 43.1 Å². The number of aryl methyl sites for hydroxylation is 2. The van der Waals surface area contributed by atoms with Gasteiger partial charge >= 0.3 is 0 Å². The van der Waals surface area contributed by atoms with Crippen molar-refractivity contribution in [2.24, 2.45) is 0 Å². The van der Waals surface area contributed by atoms with Crippen LogP contribution in [0, 0.1) is 6.92 Å². The number of anilines is 1. The number of aromatic nitrogens is 3. The molecule has 0 saturated heterocycles. The molecule has 0 aromatic carbocycles. The van der Waals surface area contributed by atoms with Crippen molar-refractivity contribution in [3.63, 3.8) is 0 Å². The maximum absolute atomic E-state index is 4.72. The van der Waals surface area contributed by atoms with Crippen molar-refractivity contribution in [3.8, 4) is 11.5 Å². The Labute approximate surface area is 119 Å². The van der Waals surface area contributed by atoms with Gasteiger partial charge in [0.15, 0.2) is 5.82 Å². The molecular formula is C16H20N4. The first-order valence-electron chi connectivity index (χ1n) is 7.34. The standard InChI is InChI=1S/C16H20N4/c1-3-8-18-15-12-5-4-6-13(12)19-16(20-15)14-10-11(2)7-9-17-14/h7,9-10H,3-6,8H2,1-2H3,(H,18,19,20). The minimum absolute atomic E-state index is 0.743. The zero-order valence-electron chi connectivity index (χ0n) is 12.1. The van der Waals surface area contributed by atoms with Gasteiger partial charge in [0.1, 0.15) is 11.5 Å². The predicted octanol–water partition coefficient (Wildman–Crippen LogP) is 3.16. The zero-order chi connectivity index (χ0) is 13.9. The van der Waals surface area contributed by atoms with Gasteiger partial charge in [-0.05, 0) is 50.3 Å². The summed E-state index contributed by atoms with van der Waals surface area (Å²) in [7, 11) is 0. The highest BCUT2D eigenvalue weighted by molar-refractivity contribution is 5.58. The van der Waals surface area contributed by atoms with E-state index in [0.29, 0.717) is 0 Å². The minimum Gasteiger partial charge on any atom is -0.370 e. The number of rotatable bonds is 4. The van der Waals surface area contributed by atoms with E-state index in [9.17, 15) is 0 Å². The van der Waals surface area contributed by atoms with Crippen LogP contribution in [0.3, 0.4) is 0 Å². The second kappa shape index (κ2) is 5.57. The van der Waals surface area contributed by atoms with Crippen molar-refractivity contribution in [1.82, 2.24) is 15.0 Å². The fraction of sp³-hybridized carbons (Fsp3) is 0.438. The van der Waals surface area contributed by atoms with E-state index in [1.807, 2.05) is 18.3 Å². The Hall–Kier alpha value is -1.97. The molecule has 1 N–H and O–H groups in total. The molecule has 0 bridgehead atoms. The average Bonchev–Trinajstić information content (AvgIpc) is 2.93. The van der Waals surface area contributed by atoms with Gasteiger partial charge in [0.2, 0.25) is 0 Å². The van der Waals surface area contributed by atoms with Crippen LogP contribution in [-0.2, 0) is 12.8 Å². The van der Waals surface area contributed by atoms with Gasteiger partial charge in [0, 0.05) is 24.0 Å². The fourth-order valence-electron chi connectivity index (χ4n) is 2.60. The van der Waals surface area contributed by atoms with Gasteiger partial charge in [-0.1, -0.05) is 6.92 Å². The monoisotopic (exact) mass is 268 g/mol.